The summed E-state index contributed by atoms with van der Waals surface area (Å²) in [6.07, 6.45) is 1.60. The lowest BCUT2D eigenvalue weighted by atomic mass is 10.1. The van der Waals surface area contributed by atoms with Crippen LogP contribution in [-0.4, -0.2) is 52.1 Å². The largest absolute Gasteiger partial charge is 0.480 e. The van der Waals surface area contributed by atoms with E-state index in [2.05, 4.69) is 14.9 Å². The summed E-state index contributed by atoms with van der Waals surface area (Å²) in [6, 6.07) is 3.33. The third-order valence-electron chi connectivity index (χ3n) is 4.30. The second-order valence-electron chi connectivity index (χ2n) is 5.65. The molecule has 0 saturated carbocycles. The zero-order chi connectivity index (χ0) is 16.5. The molecule has 0 radical (unpaired) electrons. The SMILES string of the molecule is O=C(O)C(c1ccsc1)N1CCN(c2ncnc3ccsc23)CC1. The lowest BCUT2D eigenvalue weighted by Crippen LogP contribution is -2.49. The smallest absolute Gasteiger partial charge is 0.325 e. The van der Waals surface area contributed by atoms with Crippen LogP contribution in [0.1, 0.15) is 11.6 Å². The molecule has 124 valence electrons. The Morgan fingerprint density at radius 2 is 2.00 bits per heavy atom. The van der Waals surface area contributed by atoms with Gasteiger partial charge in [-0.2, -0.15) is 11.3 Å². The highest BCUT2D eigenvalue weighted by molar-refractivity contribution is 7.17. The molecular weight excluding hydrogens is 344 g/mol. The van der Waals surface area contributed by atoms with Crippen LogP contribution in [0.2, 0.25) is 0 Å². The van der Waals surface area contributed by atoms with Gasteiger partial charge in [-0.15, -0.1) is 11.3 Å². The second-order valence-corrected chi connectivity index (χ2v) is 7.35. The van der Waals surface area contributed by atoms with Gasteiger partial charge >= 0.3 is 5.97 Å². The Labute approximate surface area is 147 Å². The van der Waals surface area contributed by atoms with E-state index < -0.39 is 12.0 Å². The summed E-state index contributed by atoms with van der Waals surface area (Å²) in [4.78, 5) is 24.7. The highest BCUT2D eigenvalue weighted by Crippen LogP contribution is 2.30. The molecule has 0 aromatic carbocycles. The molecule has 0 amide bonds. The van der Waals surface area contributed by atoms with E-state index in [1.165, 1.54) is 11.3 Å². The Bertz CT molecular complexity index is 841. The Morgan fingerprint density at radius 3 is 2.71 bits per heavy atom. The van der Waals surface area contributed by atoms with Crippen LogP contribution in [-0.2, 0) is 4.79 Å². The van der Waals surface area contributed by atoms with Crippen LogP contribution in [0.15, 0.2) is 34.6 Å². The molecule has 1 aliphatic heterocycles. The Kier molecular flexibility index (Phi) is 4.17. The second kappa shape index (κ2) is 6.46. The van der Waals surface area contributed by atoms with Crippen LogP contribution >= 0.6 is 22.7 Å². The van der Waals surface area contributed by atoms with E-state index in [9.17, 15) is 9.90 Å². The number of fused-ring (bicyclic) bond motifs is 1. The molecule has 3 aromatic rings. The molecule has 24 heavy (non-hydrogen) atoms. The van der Waals surface area contributed by atoms with Crippen LogP contribution in [0.25, 0.3) is 10.2 Å². The van der Waals surface area contributed by atoms with Gasteiger partial charge in [-0.1, -0.05) is 0 Å². The van der Waals surface area contributed by atoms with E-state index in [-0.39, 0.29) is 0 Å². The molecule has 1 aliphatic rings. The lowest BCUT2D eigenvalue weighted by Gasteiger charge is -2.38. The number of piperazine rings is 1. The van der Waals surface area contributed by atoms with Crippen LogP contribution < -0.4 is 4.90 Å². The number of aliphatic carboxylic acids is 1. The average Bonchev–Trinajstić information content (AvgIpc) is 3.26. The van der Waals surface area contributed by atoms with Gasteiger partial charge in [-0.05, 0) is 33.8 Å². The highest BCUT2D eigenvalue weighted by Gasteiger charge is 2.31. The summed E-state index contributed by atoms with van der Waals surface area (Å²) in [5.74, 6) is 0.168. The molecule has 0 bridgehead atoms. The zero-order valence-electron chi connectivity index (χ0n) is 12.8. The first kappa shape index (κ1) is 15.5. The van der Waals surface area contributed by atoms with Crippen LogP contribution in [0, 0.1) is 0 Å². The van der Waals surface area contributed by atoms with Crippen LogP contribution in [0.5, 0.6) is 0 Å². The van der Waals surface area contributed by atoms with Crippen molar-refractivity contribution in [1.29, 1.82) is 0 Å². The molecule has 1 N–H and O–H groups in total. The number of carboxylic acids is 1. The van der Waals surface area contributed by atoms with Gasteiger partial charge in [0.25, 0.3) is 0 Å². The first-order chi connectivity index (χ1) is 11.7. The standard InChI is InChI=1S/C16H16N4O2S2/c21-16(22)13(11-1-7-23-9-11)19-3-5-20(6-4-19)15-14-12(2-8-24-14)17-10-18-15/h1-2,7-10,13H,3-6H2,(H,21,22). The fourth-order valence-electron chi connectivity index (χ4n) is 3.13. The van der Waals surface area contributed by atoms with Crippen molar-refractivity contribution >= 4 is 44.7 Å². The van der Waals surface area contributed by atoms with Gasteiger partial charge in [0, 0.05) is 26.2 Å². The average molecular weight is 360 g/mol. The van der Waals surface area contributed by atoms with E-state index in [1.807, 2.05) is 33.2 Å². The van der Waals surface area contributed by atoms with Crippen molar-refractivity contribution in [2.24, 2.45) is 0 Å². The van der Waals surface area contributed by atoms with Gasteiger partial charge in [0.1, 0.15) is 18.2 Å². The zero-order valence-corrected chi connectivity index (χ0v) is 14.5. The third-order valence-corrected chi connectivity index (χ3v) is 5.90. The maximum Gasteiger partial charge on any atom is 0.325 e. The number of hydrogen-bond acceptors (Lipinski definition) is 7. The van der Waals surface area contributed by atoms with Gasteiger partial charge in [0.2, 0.25) is 0 Å². The molecule has 1 saturated heterocycles. The number of thiophene rings is 2. The predicted octanol–water partition coefficient (Wildman–Crippen LogP) is 2.70. The topological polar surface area (TPSA) is 69.6 Å². The van der Waals surface area contributed by atoms with Gasteiger partial charge in [0.15, 0.2) is 0 Å². The first-order valence-corrected chi connectivity index (χ1v) is 9.48. The van der Waals surface area contributed by atoms with E-state index in [0.717, 1.165) is 34.7 Å². The minimum absolute atomic E-state index is 0.564. The molecule has 1 atom stereocenters. The Hall–Kier alpha value is -2.03. The first-order valence-electron chi connectivity index (χ1n) is 7.66. The van der Waals surface area contributed by atoms with E-state index in [0.29, 0.717) is 13.1 Å². The summed E-state index contributed by atoms with van der Waals surface area (Å²) < 4.78 is 1.10. The van der Waals surface area contributed by atoms with Gasteiger partial charge in [-0.3, -0.25) is 9.69 Å². The number of nitrogens with zero attached hydrogens (tertiary/aromatic N) is 4. The molecule has 0 spiro atoms. The molecule has 3 aromatic heterocycles. The quantitative estimate of drug-likeness (QED) is 0.771. The molecule has 8 heteroatoms. The maximum absolute atomic E-state index is 11.7. The molecule has 0 aliphatic carbocycles. The number of hydrogen-bond donors (Lipinski definition) is 1. The molecule has 6 nitrogen and oxygen atoms in total. The minimum Gasteiger partial charge on any atom is -0.480 e. The van der Waals surface area contributed by atoms with Crippen LogP contribution in [0.3, 0.4) is 0 Å². The summed E-state index contributed by atoms with van der Waals surface area (Å²) in [6.45, 7) is 2.92. The molecule has 1 fully saturated rings. The van der Waals surface area contributed by atoms with E-state index in [1.54, 1.807) is 17.7 Å². The van der Waals surface area contributed by atoms with Crippen molar-refractivity contribution in [3.05, 3.63) is 40.2 Å². The minimum atomic E-state index is -0.787. The number of anilines is 1. The summed E-state index contributed by atoms with van der Waals surface area (Å²) in [7, 11) is 0. The molecule has 4 rings (SSSR count). The number of carboxylic acid groups (broad SMARTS) is 1. The van der Waals surface area contributed by atoms with Crippen molar-refractivity contribution < 1.29 is 9.90 Å². The number of carbonyl (C=O) groups is 1. The highest BCUT2D eigenvalue weighted by atomic mass is 32.1. The predicted molar refractivity (Wildman–Crippen MR) is 95.9 cm³/mol. The number of rotatable bonds is 4. The fraction of sp³-hybridized carbons (Fsp3) is 0.312. The van der Waals surface area contributed by atoms with Crippen molar-refractivity contribution in [2.75, 3.05) is 31.1 Å². The normalized spacial score (nSPS) is 17.2. The van der Waals surface area contributed by atoms with Crippen molar-refractivity contribution in [3.63, 3.8) is 0 Å². The third kappa shape index (κ3) is 2.77. The lowest BCUT2D eigenvalue weighted by molar-refractivity contribution is -0.143. The molecule has 1 unspecified atom stereocenters. The van der Waals surface area contributed by atoms with Gasteiger partial charge in [-0.25, -0.2) is 9.97 Å². The molecule has 4 heterocycles. The van der Waals surface area contributed by atoms with E-state index in [4.69, 9.17) is 0 Å². The maximum atomic E-state index is 11.7. The monoisotopic (exact) mass is 360 g/mol. The molecular formula is C16H16N4O2S2. The fourth-order valence-corrected chi connectivity index (χ4v) is 4.67. The summed E-state index contributed by atoms with van der Waals surface area (Å²) in [5, 5.41) is 15.5. The Balaban J connectivity index is 1.52. The number of aromatic nitrogens is 2. The summed E-state index contributed by atoms with van der Waals surface area (Å²) in [5.41, 5.74) is 1.83. The Morgan fingerprint density at radius 1 is 1.17 bits per heavy atom. The van der Waals surface area contributed by atoms with E-state index >= 15 is 0 Å². The van der Waals surface area contributed by atoms with Gasteiger partial charge < -0.3 is 10.0 Å². The van der Waals surface area contributed by atoms with Crippen molar-refractivity contribution in [3.8, 4) is 0 Å². The van der Waals surface area contributed by atoms with Crippen molar-refractivity contribution in [1.82, 2.24) is 14.9 Å². The van der Waals surface area contributed by atoms with Crippen molar-refractivity contribution in [2.45, 2.75) is 6.04 Å². The summed E-state index contributed by atoms with van der Waals surface area (Å²) >= 11 is 3.18. The van der Waals surface area contributed by atoms with Crippen LogP contribution in [0.4, 0.5) is 5.82 Å². The van der Waals surface area contributed by atoms with Gasteiger partial charge in [0.05, 0.1) is 10.2 Å².